The third kappa shape index (κ3) is 6.34. The number of carbonyl (C=O) groups is 1. The van der Waals surface area contributed by atoms with Gasteiger partial charge in [0.05, 0.1) is 6.54 Å². The van der Waals surface area contributed by atoms with E-state index >= 15 is 0 Å². The minimum atomic E-state index is -0.827. The molecule has 1 saturated carbocycles. The lowest BCUT2D eigenvalue weighted by Crippen LogP contribution is -2.57. The van der Waals surface area contributed by atoms with Gasteiger partial charge in [-0.15, -0.1) is 12.4 Å². The van der Waals surface area contributed by atoms with Crippen molar-refractivity contribution in [3.05, 3.63) is 59.2 Å². The number of carbonyl (C=O) groups excluding carboxylic acids is 1. The van der Waals surface area contributed by atoms with Gasteiger partial charge in [0.15, 0.2) is 11.6 Å². The first-order valence-electron chi connectivity index (χ1n) is 13.7. The van der Waals surface area contributed by atoms with Crippen LogP contribution in [0.25, 0.3) is 0 Å². The molecule has 6 rings (SSSR count). The fourth-order valence-electron chi connectivity index (χ4n) is 6.39. The number of ether oxygens (including phenoxy) is 1. The number of amides is 1. The fraction of sp³-hybridized carbons (Fsp3) is 0.571. The average Bonchev–Trinajstić information content (AvgIpc) is 3.62. The molecule has 1 aliphatic carbocycles. The van der Waals surface area contributed by atoms with E-state index in [4.69, 9.17) is 4.74 Å². The fourth-order valence-corrected chi connectivity index (χ4v) is 6.39. The normalized spacial score (nSPS) is 26.8. The molecule has 11 heteroatoms. The first kappa shape index (κ1) is 28.1. The molecule has 4 aliphatic rings. The summed E-state index contributed by atoms with van der Waals surface area (Å²) < 4.78 is 48.2. The summed E-state index contributed by atoms with van der Waals surface area (Å²) in [4.78, 5) is 21.0. The van der Waals surface area contributed by atoms with E-state index in [0.717, 1.165) is 45.1 Å². The molecule has 212 valence electrons. The van der Waals surface area contributed by atoms with Crippen LogP contribution in [0.5, 0.6) is 5.75 Å². The number of benzene rings is 1. The molecule has 2 N–H and O–H groups in total. The highest BCUT2D eigenvalue weighted by atomic mass is 35.5. The van der Waals surface area contributed by atoms with Crippen LogP contribution in [0, 0.1) is 17.6 Å². The number of aromatic nitrogens is 1. The van der Waals surface area contributed by atoms with Crippen LogP contribution >= 0.6 is 12.4 Å². The predicted molar refractivity (Wildman–Crippen MR) is 142 cm³/mol. The molecule has 0 radical (unpaired) electrons. The molecule has 0 spiro atoms. The summed E-state index contributed by atoms with van der Waals surface area (Å²) in [5.74, 6) is -2.42. The maximum atomic E-state index is 14.6. The molecule has 1 aromatic carbocycles. The quantitative estimate of drug-likeness (QED) is 0.479. The van der Waals surface area contributed by atoms with Gasteiger partial charge in [-0.25, -0.2) is 13.8 Å². The van der Waals surface area contributed by atoms with Crippen molar-refractivity contribution < 1.29 is 22.7 Å². The van der Waals surface area contributed by atoms with Gasteiger partial charge < -0.3 is 20.3 Å². The van der Waals surface area contributed by atoms with Gasteiger partial charge in [-0.2, -0.15) is 4.39 Å². The molecule has 39 heavy (non-hydrogen) atoms. The molecule has 7 nitrogen and oxygen atoms in total. The lowest BCUT2D eigenvalue weighted by molar-refractivity contribution is -0.131. The minimum Gasteiger partial charge on any atom is -0.485 e. The molecular weight excluding hydrogens is 531 g/mol. The molecule has 2 bridgehead atoms. The number of piperidine rings is 1. The van der Waals surface area contributed by atoms with Crippen molar-refractivity contribution in [2.45, 2.75) is 68.8 Å². The van der Waals surface area contributed by atoms with Crippen LogP contribution in [0.3, 0.4) is 0 Å². The van der Waals surface area contributed by atoms with Crippen molar-refractivity contribution >= 4 is 18.3 Å². The number of hydrogen-bond donors (Lipinski definition) is 2. The summed E-state index contributed by atoms with van der Waals surface area (Å²) in [6, 6.07) is 6.82. The van der Waals surface area contributed by atoms with Crippen LogP contribution in [0.2, 0.25) is 0 Å². The van der Waals surface area contributed by atoms with Crippen molar-refractivity contribution in [2.24, 2.45) is 0 Å². The van der Waals surface area contributed by atoms with Gasteiger partial charge in [-0.05, 0) is 50.3 Å². The van der Waals surface area contributed by atoms with Crippen molar-refractivity contribution in [1.82, 2.24) is 25.4 Å². The minimum absolute atomic E-state index is 0. The zero-order valence-electron chi connectivity index (χ0n) is 21.8. The molecule has 4 heterocycles. The van der Waals surface area contributed by atoms with Crippen LogP contribution in [0.15, 0.2) is 30.5 Å². The van der Waals surface area contributed by atoms with E-state index < -0.39 is 17.6 Å². The summed E-state index contributed by atoms with van der Waals surface area (Å²) >= 11 is 0. The van der Waals surface area contributed by atoms with E-state index in [-0.39, 0.29) is 54.7 Å². The molecule has 1 aromatic heterocycles. The molecule has 3 saturated heterocycles. The summed E-state index contributed by atoms with van der Waals surface area (Å²) in [5.41, 5.74) is 0.578. The number of piperazine rings is 1. The highest BCUT2D eigenvalue weighted by Gasteiger charge is 2.42. The topological polar surface area (TPSA) is 69.7 Å². The third-order valence-electron chi connectivity index (χ3n) is 8.53. The van der Waals surface area contributed by atoms with Crippen LogP contribution in [0.1, 0.15) is 49.1 Å². The summed E-state index contributed by atoms with van der Waals surface area (Å²) in [6.45, 7) is 3.72. The summed E-state index contributed by atoms with van der Waals surface area (Å²) in [6.07, 6.45) is 6.50. The summed E-state index contributed by atoms with van der Waals surface area (Å²) in [7, 11) is 0. The van der Waals surface area contributed by atoms with Gasteiger partial charge in [0.25, 0.3) is 0 Å². The number of pyridine rings is 1. The predicted octanol–water partition coefficient (Wildman–Crippen LogP) is 3.37. The Morgan fingerprint density at radius 1 is 1.10 bits per heavy atom. The zero-order chi connectivity index (χ0) is 26.2. The van der Waals surface area contributed by atoms with E-state index in [1.807, 2.05) is 4.90 Å². The van der Waals surface area contributed by atoms with Gasteiger partial charge in [-0.3, -0.25) is 9.69 Å². The summed E-state index contributed by atoms with van der Waals surface area (Å²) in [5, 5.41) is 6.95. The maximum Gasteiger partial charge on any atom is 0.236 e. The highest BCUT2D eigenvalue weighted by molar-refractivity contribution is 5.85. The number of likely N-dealkylation sites (tertiary alicyclic amines) is 2. The van der Waals surface area contributed by atoms with Gasteiger partial charge in [0, 0.05) is 79.7 Å². The van der Waals surface area contributed by atoms with Crippen molar-refractivity contribution in [2.75, 3.05) is 32.7 Å². The van der Waals surface area contributed by atoms with Gasteiger partial charge >= 0.3 is 0 Å². The molecule has 4 atom stereocenters. The SMILES string of the molecule is Cl.O=C(CN[C@@H]1C[C@H]1c1cc(F)cc(F)c1OCc1cccnc1F)N1CCC(N2CC3CCC(C2)N3)CC1. The lowest BCUT2D eigenvalue weighted by atomic mass is 10.0. The number of rotatable bonds is 8. The standard InChI is InChI=1S/C28H34F3N5O2.ClH/c29-18-10-23(27(24(30)11-18)38-16-17-2-1-7-32-28(17)31)22-12-25(22)33-13-26(37)35-8-5-21(6-9-35)36-14-19-3-4-20(15-36)34-19;/h1-2,7,10-11,19-22,25,33-34H,3-6,8-9,12-16H2;1H/t19?,20?,22-,25+;/m0./s1. The molecular formula is C28H35ClF3N5O2. The van der Waals surface area contributed by atoms with Crippen molar-refractivity contribution in [3.8, 4) is 5.75 Å². The van der Waals surface area contributed by atoms with E-state index in [1.54, 1.807) is 6.07 Å². The van der Waals surface area contributed by atoms with Gasteiger partial charge in [-0.1, -0.05) is 0 Å². The van der Waals surface area contributed by atoms with Crippen LogP contribution in [0.4, 0.5) is 13.2 Å². The number of nitrogens with zero attached hydrogens (tertiary/aromatic N) is 3. The Hall–Kier alpha value is -2.40. The van der Waals surface area contributed by atoms with Gasteiger partial charge in [0.2, 0.25) is 11.9 Å². The Morgan fingerprint density at radius 2 is 1.85 bits per heavy atom. The molecule has 3 aliphatic heterocycles. The second-order valence-electron chi connectivity index (χ2n) is 11.1. The monoisotopic (exact) mass is 565 g/mol. The number of hydrogen-bond acceptors (Lipinski definition) is 6. The Balaban J connectivity index is 0.00000308. The Bertz CT molecular complexity index is 1170. The zero-order valence-corrected chi connectivity index (χ0v) is 22.6. The smallest absolute Gasteiger partial charge is 0.236 e. The molecule has 2 aromatic rings. The van der Waals surface area contributed by atoms with E-state index in [0.29, 0.717) is 30.1 Å². The Morgan fingerprint density at radius 3 is 2.56 bits per heavy atom. The maximum absolute atomic E-state index is 14.6. The van der Waals surface area contributed by atoms with Crippen LogP contribution in [-0.4, -0.2) is 77.6 Å². The van der Waals surface area contributed by atoms with Crippen LogP contribution < -0.4 is 15.4 Å². The Kier molecular flexibility index (Phi) is 8.66. The second kappa shape index (κ2) is 12.0. The average molecular weight is 566 g/mol. The second-order valence-corrected chi connectivity index (χ2v) is 11.1. The number of halogens is 4. The first-order valence-corrected chi connectivity index (χ1v) is 13.7. The first-order chi connectivity index (χ1) is 18.4. The Labute approximate surface area is 232 Å². The van der Waals surface area contributed by atoms with Crippen LogP contribution in [-0.2, 0) is 11.4 Å². The van der Waals surface area contributed by atoms with E-state index in [9.17, 15) is 18.0 Å². The molecule has 1 amide bonds. The highest BCUT2D eigenvalue weighted by Crippen LogP contribution is 2.46. The van der Waals surface area contributed by atoms with Crippen molar-refractivity contribution in [3.63, 3.8) is 0 Å². The molecule has 2 unspecified atom stereocenters. The van der Waals surface area contributed by atoms with E-state index in [1.165, 1.54) is 31.2 Å². The largest absolute Gasteiger partial charge is 0.485 e. The van der Waals surface area contributed by atoms with E-state index in [2.05, 4.69) is 20.5 Å². The van der Waals surface area contributed by atoms with Crippen molar-refractivity contribution in [1.29, 1.82) is 0 Å². The number of fused-ring (bicyclic) bond motifs is 2. The van der Waals surface area contributed by atoms with Gasteiger partial charge in [0.1, 0.15) is 12.4 Å². The lowest BCUT2D eigenvalue weighted by Gasteiger charge is -2.42. The number of nitrogens with one attached hydrogen (secondary N) is 2. The third-order valence-corrected chi connectivity index (χ3v) is 8.53. The molecule has 4 fully saturated rings.